The minimum atomic E-state index is 0.221. The van der Waals surface area contributed by atoms with Crippen molar-refractivity contribution in [1.82, 2.24) is 5.43 Å². The van der Waals surface area contributed by atoms with Crippen LogP contribution in [0.25, 0.3) is 0 Å². The number of nitrogens with one attached hydrogen (secondary N) is 1. The second kappa shape index (κ2) is 5.45. The second-order valence-corrected chi connectivity index (χ2v) is 6.65. The van der Waals surface area contributed by atoms with Crippen LogP contribution in [0.1, 0.15) is 38.9 Å². The molecule has 0 amide bonds. The fourth-order valence-electron chi connectivity index (χ4n) is 2.87. The van der Waals surface area contributed by atoms with Gasteiger partial charge in [0.05, 0.1) is 6.04 Å². The molecule has 3 heteroatoms. The Morgan fingerprint density at radius 1 is 1.21 bits per heavy atom. The van der Waals surface area contributed by atoms with Crippen molar-refractivity contribution >= 4 is 11.3 Å². The van der Waals surface area contributed by atoms with Crippen LogP contribution in [-0.2, 0) is 19.3 Å². The van der Waals surface area contributed by atoms with E-state index >= 15 is 0 Å². The average Bonchev–Trinajstić information content (AvgIpc) is 3.04. The quantitative estimate of drug-likeness (QED) is 0.662. The van der Waals surface area contributed by atoms with Gasteiger partial charge in [0.15, 0.2) is 0 Å². The van der Waals surface area contributed by atoms with Gasteiger partial charge in [0, 0.05) is 9.75 Å². The van der Waals surface area contributed by atoms with E-state index in [1.165, 1.54) is 45.7 Å². The van der Waals surface area contributed by atoms with E-state index in [0.717, 1.165) is 6.42 Å². The molecule has 0 radical (unpaired) electrons. The molecule has 1 unspecified atom stereocenters. The maximum absolute atomic E-state index is 5.73. The molecule has 0 aliphatic heterocycles. The van der Waals surface area contributed by atoms with Gasteiger partial charge in [0.2, 0.25) is 0 Å². The van der Waals surface area contributed by atoms with Gasteiger partial charge in [0.25, 0.3) is 0 Å². The summed E-state index contributed by atoms with van der Waals surface area (Å²) in [5, 5.41) is 0. The van der Waals surface area contributed by atoms with Crippen LogP contribution in [-0.4, -0.2) is 0 Å². The molecule has 3 rings (SSSR count). The van der Waals surface area contributed by atoms with E-state index in [0.29, 0.717) is 0 Å². The van der Waals surface area contributed by atoms with E-state index in [9.17, 15) is 0 Å². The summed E-state index contributed by atoms with van der Waals surface area (Å²) in [6, 6.07) is 11.5. The van der Waals surface area contributed by atoms with Crippen molar-refractivity contribution in [2.75, 3.05) is 0 Å². The normalized spacial score (nSPS) is 15.5. The van der Waals surface area contributed by atoms with Crippen molar-refractivity contribution in [3.05, 3.63) is 56.8 Å². The van der Waals surface area contributed by atoms with Gasteiger partial charge >= 0.3 is 0 Å². The van der Waals surface area contributed by atoms with E-state index in [4.69, 9.17) is 5.84 Å². The van der Waals surface area contributed by atoms with Crippen molar-refractivity contribution < 1.29 is 0 Å². The fourth-order valence-corrected chi connectivity index (χ4v) is 3.81. The van der Waals surface area contributed by atoms with Gasteiger partial charge in [-0.25, -0.2) is 0 Å². The molecule has 19 heavy (non-hydrogen) atoms. The third-order valence-corrected chi connectivity index (χ3v) is 5.02. The minimum absolute atomic E-state index is 0.221. The van der Waals surface area contributed by atoms with Gasteiger partial charge in [0.1, 0.15) is 0 Å². The van der Waals surface area contributed by atoms with E-state index in [1.807, 2.05) is 11.3 Å². The number of rotatable bonds is 4. The van der Waals surface area contributed by atoms with Crippen LogP contribution in [0, 0.1) is 6.92 Å². The van der Waals surface area contributed by atoms with E-state index < -0.39 is 0 Å². The summed E-state index contributed by atoms with van der Waals surface area (Å²) < 4.78 is 0. The first-order chi connectivity index (χ1) is 9.26. The molecule has 100 valence electrons. The Morgan fingerprint density at radius 3 is 2.79 bits per heavy atom. The van der Waals surface area contributed by atoms with Gasteiger partial charge in [-0.3, -0.25) is 11.3 Å². The molecule has 0 spiro atoms. The minimum Gasteiger partial charge on any atom is -0.271 e. The standard InChI is InChI=1S/C16H20N2S/c1-11-5-8-16(19-11)15(18-17)10-12-6-7-13-3-2-4-14(13)9-12/h5-9,15,18H,2-4,10,17H2,1H3. The summed E-state index contributed by atoms with van der Waals surface area (Å²) in [6.07, 6.45) is 4.76. The molecule has 3 N–H and O–H groups in total. The molecule has 1 aliphatic carbocycles. The number of aryl methyl sites for hydroxylation is 3. The van der Waals surface area contributed by atoms with Gasteiger partial charge in [-0.2, -0.15) is 0 Å². The Kier molecular flexibility index (Phi) is 3.69. The van der Waals surface area contributed by atoms with E-state index in [-0.39, 0.29) is 6.04 Å². The zero-order chi connectivity index (χ0) is 13.2. The highest BCUT2D eigenvalue weighted by atomic mass is 32.1. The Bertz CT molecular complexity index is 574. The molecule has 1 atom stereocenters. The maximum Gasteiger partial charge on any atom is 0.0593 e. The van der Waals surface area contributed by atoms with E-state index in [2.05, 4.69) is 42.7 Å². The van der Waals surface area contributed by atoms with Crippen molar-refractivity contribution in [3.63, 3.8) is 0 Å². The van der Waals surface area contributed by atoms with Gasteiger partial charge in [-0.05, 0) is 61.4 Å². The Hall–Kier alpha value is -1.16. The lowest BCUT2D eigenvalue weighted by Gasteiger charge is -2.15. The fraction of sp³-hybridized carbons (Fsp3) is 0.375. The monoisotopic (exact) mass is 272 g/mol. The third-order valence-electron chi connectivity index (χ3n) is 3.91. The van der Waals surface area contributed by atoms with Crippen LogP contribution >= 0.6 is 11.3 Å². The van der Waals surface area contributed by atoms with Gasteiger partial charge in [-0.15, -0.1) is 11.3 Å². The summed E-state index contributed by atoms with van der Waals surface area (Å²) in [5.41, 5.74) is 7.42. The molecule has 0 bridgehead atoms. The molecule has 1 aromatic carbocycles. The van der Waals surface area contributed by atoms with Crippen LogP contribution in [0.3, 0.4) is 0 Å². The molecule has 2 nitrogen and oxygen atoms in total. The number of fused-ring (bicyclic) bond motifs is 1. The molecule has 1 heterocycles. The summed E-state index contributed by atoms with van der Waals surface area (Å²) in [4.78, 5) is 2.66. The number of hydrogen-bond acceptors (Lipinski definition) is 3. The highest BCUT2D eigenvalue weighted by molar-refractivity contribution is 7.12. The zero-order valence-corrected chi connectivity index (χ0v) is 12.1. The molecule has 2 aromatic rings. The van der Waals surface area contributed by atoms with Gasteiger partial charge < -0.3 is 0 Å². The molecule has 0 saturated heterocycles. The van der Waals surface area contributed by atoms with Crippen molar-refractivity contribution in [3.8, 4) is 0 Å². The molecule has 1 aliphatic rings. The Labute approximate surface area is 118 Å². The second-order valence-electron chi connectivity index (χ2n) is 5.33. The SMILES string of the molecule is Cc1ccc(C(Cc2ccc3c(c2)CCC3)NN)s1. The average molecular weight is 272 g/mol. The number of thiophene rings is 1. The molecule has 0 fully saturated rings. The molecular weight excluding hydrogens is 252 g/mol. The largest absolute Gasteiger partial charge is 0.271 e. The third kappa shape index (κ3) is 2.73. The molecular formula is C16H20N2S. The van der Waals surface area contributed by atoms with Crippen LogP contribution in [0.5, 0.6) is 0 Å². The first-order valence-electron chi connectivity index (χ1n) is 6.89. The van der Waals surface area contributed by atoms with Crippen LogP contribution in [0.4, 0.5) is 0 Å². The van der Waals surface area contributed by atoms with Crippen LogP contribution in [0.15, 0.2) is 30.3 Å². The smallest absolute Gasteiger partial charge is 0.0593 e. The summed E-state index contributed by atoms with van der Waals surface area (Å²) >= 11 is 1.82. The first kappa shape index (κ1) is 12.9. The zero-order valence-electron chi connectivity index (χ0n) is 11.3. The van der Waals surface area contributed by atoms with Crippen molar-refractivity contribution in [1.29, 1.82) is 0 Å². The highest BCUT2D eigenvalue weighted by Gasteiger charge is 2.15. The summed E-state index contributed by atoms with van der Waals surface area (Å²) in [5.74, 6) is 5.73. The van der Waals surface area contributed by atoms with Gasteiger partial charge in [-0.1, -0.05) is 18.2 Å². The lowest BCUT2D eigenvalue weighted by Crippen LogP contribution is -2.28. The number of nitrogens with two attached hydrogens (primary N) is 1. The maximum atomic E-state index is 5.73. The topological polar surface area (TPSA) is 38.0 Å². The summed E-state index contributed by atoms with van der Waals surface area (Å²) in [6.45, 7) is 2.14. The van der Waals surface area contributed by atoms with E-state index in [1.54, 1.807) is 0 Å². The van der Waals surface area contributed by atoms with Crippen LogP contribution in [0.2, 0.25) is 0 Å². The lowest BCUT2D eigenvalue weighted by molar-refractivity contribution is 0.560. The number of benzene rings is 1. The highest BCUT2D eigenvalue weighted by Crippen LogP contribution is 2.28. The Balaban J connectivity index is 1.79. The first-order valence-corrected chi connectivity index (χ1v) is 7.71. The predicted molar refractivity (Wildman–Crippen MR) is 81.3 cm³/mol. The molecule has 0 saturated carbocycles. The molecule has 1 aromatic heterocycles. The predicted octanol–water partition coefficient (Wildman–Crippen LogP) is 3.29. The Morgan fingerprint density at radius 2 is 2.05 bits per heavy atom. The number of hydrazine groups is 1. The van der Waals surface area contributed by atoms with Crippen molar-refractivity contribution in [2.24, 2.45) is 5.84 Å². The number of hydrogen-bond donors (Lipinski definition) is 2. The van der Waals surface area contributed by atoms with Crippen molar-refractivity contribution in [2.45, 2.75) is 38.6 Å². The van der Waals surface area contributed by atoms with Crippen LogP contribution < -0.4 is 11.3 Å². The summed E-state index contributed by atoms with van der Waals surface area (Å²) in [7, 11) is 0. The lowest BCUT2D eigenvalue weighted by atomic mass is 10.0.